The molecule has 3 aromatic carbocycles. The zero-order valence-corrected chi connectivity index (χ0v) is 24.3. The molecule has 0 aliphatic heterocycles. The van der Waals surface area contributed by atoms with E-state index in [4.69, 9.17) is 14.2 Å². The molecule has 3 atom stereocenters. The molecule has 0 bridgehead atoms. The molecule has 4 rings (SSSR count). The number of nitrogens with one attached hydrogen (secondary N) is 3. The van der Waals surface area contributed by atoms with Gasteiger partial charge in [-0.05, 0) is 67.1 Å². The Bertz CT molecular complexity index is 1490. The number of carbonyl (C=O) groups is 2. The number of hydrogen-bond donors (Lipinski definition) is 3. The Morgan fingerprint density at radius 2 is 1.63 bits per heavy atom. The Kier molecular flexibility index (Phi) is 9.17. The van der Waals surface area contributed by atoms with Crippen LogP contribution >= 0.6 is 0 Å². The molecule has 1 aliphatic rings. The first-order chi connectivity index (χ1) is 19.7. The smallest absolute Gasteiger partial charge is 0.242 e. The van der Waals surface area contributed by atoms with Gasteiger partial charge in [-0.2, -0.15) is 0 Å². The Hall–Kier alpha value is -4.53. The van der Waals surface area contributed by atoms with E-state index < -0.39 is 12.1 Å². The van der Waals surface area contributed by atoms with Gasteiger partial charge < -0.3 is 30.2 Å². The third-order valence-electron chi connectivity index (χ3n) is 7.34. The van der Waals surface area contributed by atoms with Gasteiger partial charge in [0.2, 0.25) is 23.0 Å². The van der Waals surface area contributed by atoms with E-state index in [9.17, 15) is 14.4 Å². The van der Waals surface area contributed by atoms with Crippen LogP contribution in [-0.2, 0) is 16.0 Å². The van der Waals surface area contributed by atoms with Gasteiger partial charge in [-0.3, -0.25) is 14.4 Å². The van der Waals surface area contributed by atoms with E-state index in [1.165, 1.54) is 13.0 Å². The molecule has 0 spiro atoms. The fourth-order valence-corrected chi connectivity index (χ4v) is 5.29. The van der Waals surface area contributed by atoms with E-state index in [1.807, 2.05) is 49.4 Å². The molecule has 2 amide bonds. The predicted molar refractivity (Wildman–Crippen MR) is 159 cm³/mol. The molecular formula is C32H37N3O6. The normalized spacial score (nSPS) is 15.2. The lowest BCUT2D eigenvalue weighted by Crippen LogP contribution is -2.39. The topological polar surface area (TPSA) is 115 Å². The van der Waals surface area contributed by atoms with Gasteiger partial charge in [0.1, 0.15) is 6.04 Å². The highest BCUT2D eigenvalue weighted by Gasteiger charge is 2.29. The lowest BCUT2D eigenvalue weighted by Gasteiger charge is -2.19. The summed E-state index contributed by atoms with van der Waals surface area (Å²) in [7, 11) is 4.66. The van der Waals surface area contributed by atoms with E-state index in [0.29, 0.717) is 41.2 Å². The highest BCUT2D eigenvalue weighted by Crippen LogP contribution is 2.50. The predicted octanol–water partition coefficient (Wildman–Crippen LogP) is 4.54. The van der Waals surface area contributed by atoms with Crippen LogP contribution in [0.15, 0.2) is 59.4 Å². The van der Waals surface area contributed by atoms with Crippen LogP contribution in [0.3, 0.4) is 0 Å². The molecule has 41 heavy (non-hydrogen) atoms. The van der Waals surface area contributed by atoms with Crippen LogP contribution in [-0.4, -0.2) is 39.2 Å². The summed E-state index contributed by atoms with van der Waals surface area (Å²) >= 11 is 0. The highest BCUT2D eigenvalue weighted by molar-refractivity contribution is 5.86. The molecule has 1 unspecified atom stereocenters. The van der Waals surface area contributed by atoms with Crippen LogP contribution in [0.25, 0.3) is 11.1 Å². The molecule has 0 fully saturated rings. The Labute approximate surface area is 240 Å². The molecule has 3 aromatic rings. The monoisotopic (exact) mass is 559 g/mol. The third kappa shape index (κ3) is 6.29. The van der Waals surface area contributed by atoms with Crippen LogP contribution in [0.5, 0.6) is 17.2 Å². The SMILES string of the molecule is COc1cc2c(c(OC)c1OC)-c1ccc(N[C@@H](C)C(=O)NC(C)c3ccccc3)c(=O)cc1[C@@H](NC(C)=O)CC2. The van der Waals surface area contributed by atoms with Gasteiger partial charge >= 0.3 is 0 Å². The van der Waals surface area contributed by atoms with Gasteiger partial charge in [-0.15, -0.1) is 0 Å². The standard InChI is InChI=1S/C32H37N3O6/c1-18(21-10-8-7-9-11-21)34-32(38)19(2)33-26-15-13-23-24(17-27(26)37)25(35-20(3)36)14-12-22-16-28(39-4)30(40-5)31(41-6)29(22)23/h7-11,13,15-19,25H,12,14H2,1-6H3,(H,33,37)(H,34,38)(H,35,36)/t18?,19-,25-/m0/s1. The molecule has 0 saturated heterocycles. The van der Waals surface area contributed by atoms with E-state index >= 15 is 0 Å². The number of benzene rings is 2. The maximum atomic E-state index is 13.5. The van der Waals surface area contributed by atoms with Gasteiger partial charge in [-0.25, -0.2) is 0 Å². The number of fused-ring (bicyclic) bond motifs is 3. The number of aryl methyl sites for hydroxylation is 1. The second-order valence-corrected chi connectivity index (χ2v) is 10.1. The van der Waals surface area contributed by atoms with Crippen molar-refractivity contribution in [3.8, 4) is 28.4 Å². The molecule has 0 aromatic heterocycles. The summed E-state index contributed by atoms with van der Waals surface area (Å²) in [6, 6.07) is 15.3. The van der Waals surface area contributed by atoms with Crippen molar-refractivity contribution in [1.29, 1.82) is 0 Å². The average Bonchev–Trinajstić information content (AvgIpc) is 3.20. The molecular weight excluding hydrogens is 522 g/mol. The Morgan fingerprint density at radius 3 is 2.27 bits per heavy atom. The lowest BCUT2D eigenvalue weighted by atomic mass is 9.95. The highest BCUT2D eigenvalue weighted by atomic mass is 16.5. The second-order valence-electron chi connectivity index (χ2n) is 10.1. The van der Waals surface area contributed by atoms with Gasteiger partial charge in [0, 0.05) is 12.5 Å². The van der Waals surface area contributed by atoms with Crippen molar-refractivity contribution in [2.75, 3.05) is 26.6 Å². The van der Waals surface area contributed by atoms with E-state index in [0.717, 1.165) is 16.7 Å². The first-order valence-corrected chi connectivity index (χ1v) is 13.6. The van der Waals surface area contributed by atoms with Crippen molar-refractivity contribution >= 4 is 17.5 Å². The Morgan fingerprint density at radius 1 is 0.927 bits per heavy atom. The maximum absolute atomic E-state index is 13.5. The molecule has 0 heterocycles. The molecule has 0 saturated carbocycles. The van der Waals surface area contributed by atoms with Crippen molar-refractivity contribution in [2.45, 2.75) is 51.7 Å². The van der Waals surface area contributed by atoms with Crippen molar-refractivity contribution < 1.29 is 23.8 Å². The number of ether oxygens (including phenoxy) is 3. The van der Waals surface area contributed by atoms with Gasteiger partial charge in [0.25, 0.3) is 0 Å². The summed E-state index contributed by atoms with van der Waals surface area (Å²) in [4.78, 5) is 38.7. The number of amides is 2. The minimum absolute atomic E-state index is 0.197. The Balaban J connectivity index is 1.77. The number of methoxy groups -OCH3 is 3. The number of anilines is 1. The van der Waals surface area contributed by atoms with Gasteiger partial charge in [0.15, 0.2) is 11.5 Å². The number of rotatable bonds is 9. The fourth-order valence-electron chi connectivity index (χ4n) is 5.29. The third-order valence-corrected chi connectivity index (χ3v) is 7.34. The summed E-state index contributed by atoms with van der Waals surface area (Å²) in [5.74, 6) is 0.988. The molecule has 1 aliphatic carbocycles. The van der Waals surface area contributed by atoms with Crippen LogP contribution in [0.1, 0.15) is 56.0 Å². The lowest BCUT2D eigenvalue weighted by molar-refractivity contribution is -0.122. The maximum Gasteiger partial charge on any atom is 0.242 e. The van der Waals surface area contributed by atoms with Crippen LogP contribution in [0.2, 0.25) is 0 Å². The minimum atomic E-state index is -0.687. The molecule has 9 nitrogen and oxygen atoms in total. The quantitative estimate of drug-likeness (QED) is 0.353. The van der Waals surface area contributed by atoms with Gasteiger partial charge in [-0.1, -0.05) is 36.4 Å². The van der Waals surface area contributed by atoms with Crippen molar-refractivity contribution in [3.05, 3.63) is 81.5 Å². The molecule has 3 N–H and O–H groups in total. The summed E-state index contributed by atoms with van der Waals surface area (Å²) in [6.07, 6.45) is 1.16. The molecule has 0 radical (unpaired) electrons. The molecule has 216 valence electrons. The second kappa shape index (κ2) is 12.8. The van der Waals surface area contributed by atoms with Crippen LogP contribution in [0.4, 0.5) is 5.69 Å². The van der Waals surface area contributed by atoms with E-state index in [2.05, 4.69) is 16.0 Å². The fraction of sp³-hybridized carbons (Fsp3) is 0.344. The van der Waals surface area contributed by atoms with Crippen molar-refractivity contribution in [3.63, 3.8) is 0 Å². The summed E-state index contributed by atoms with van der Waals surface area (Å²) in [5.41, 5.74) is 4.00. The van der Waals surface area contributed by atoms with Crippen molar-refractivity contribution in [2.24, 2.45) is 0 Å². The van der Waals surface area contributed by atoms with Gasteiger partial charge in [0.05, 0.1) is 39.1 Å². The first kappa shape index (κ1) is 29.5. The van der Waals surface area contributed by atoms with E-state index in [-0.39, 0.29) is 29.0 Å². The van der Waals surface area contributed by atoms with Crippen LogP contribution in [0, 0.1) is 0 Å². The molecule has 9 heteroatoms. The van der Waals surface area contributed by atoms with E-state index in [1.54, 1.807) is 34.3 Å². The average molecular weight is 560 g/mol. The minimum Gasteiger partial charge on any atom is -0.493 e. The summed E-state index contributed by atoms with van der Waals surface area (Å²) in [6.45, 7) is 5.07. The first-order valence-electron chi connectivity index (χ1n) is 13.6. The zero-order chi connectivity index (χ0) is 29.7. The van der Waals surface area contributed by atoms with Crippen molar-refractivity contribution in [1.82, 2.24) is 10.6 Å². The largest absolute Gasteiger partial charge is 0.493 e. The summed E-state index contributed by atoms with van der Waals surface area (Å²) < 4.78 is 17.0. The van der Waals surface area contributed by atoms with Crippen LogP contribution < -0.4 is 35.6 Å². The number of hydrogen-bond acceptors (Lipinski definition) is 7. The zero-order valence-electron chi connectivity index (χ0n) is 24.3. The number of carbonyl (C=O) groups excluding carboxylic acids is 2. The summed E-state index contributed by atoms with van der Waals surface area (Å²) in [5, 5.41) is 9.08.